The molecule has 3 aromatic carbocycles. The average Bonchev–Trinajstić information content (AvgIpc) is 2.88. The van der Waals surface area contributed by atoms with E-state index in [1.165, 1.54) is 51.6 Å². The minimum absolute atomic E-state index is 0.0416. The first-order chi connectivity index (χ1) is 17.4. The van der Waals surface area contributed by atoms with Gasteiger partial charge in [0.05, 0.1) is 24.8 Å². The molecule has 0 bridgehead atoms. The maximum atomic E-state index is 13.8. The van der Waals surface area contributed by atoms with Crippen LogP contribution in [0.15, 0.2) is 70.5 Å². The van der Waals surface area contributed by atoms with E-state index in [4.69, 9.17) is 9.47 Å². The Balaban J connectivity index is 2.03. The topological polar surface area (TPSA) is 131 Å². The lowest BCUT2D eigenvalue weighted by Gasteiger charge is -2.25. The van der Waals surface area contributed by atoms with Crippen LogP contribution in [0.2, 0.25) is 0 Å². The molecule has 1 amide bonds. The number of nitrogens with zero attached hydrogens (tertiary/aromatic N) is 1. The van der Waals surface area contributed by atoms with E-state index in [0.29, 0.717) is 16.9 Å². The number of sulfonamides is 2. The summed E-state index contributed by atoms with van der Waals surface area (Å²) in [6.07, 6.45) is 0. The zero-order valence-corrected chi connectivity index (χ0v) is 22.7. The molecule has 0 spiro atoms. The van der Waals surface area contributed by atoms with Crippen LogP contribution in [0, 0.1) is 13.8 Å². The number of ether oxygens (including phenoxy) is 2. The Hall–Kier alpha value is -3.61. The molecule has 0 radical (unpaired) electrons. The molecule has 3 aromatic rings. The molecule has 0 fully saturated rings. The molecule has 0 saturated carbocycles. The fourth-order valence-corrected chi connectivity index (χ4v) is 5.93. The summed E-state index contributed by atoms with van der Waals surface area (Å²) in [5.74, 6) is -0.0321. The monoisotopic (exact) mass is 547 g/mol. The Morgan fingerprint density at radius 2 is 1.57 bits per heavy atom. The molecule has 0 aliphatic heterocycles. The van der Waals surface area contributed by atoms with E-state index in [0.717, 1.165) is 4.31 Å². The first-order valence-corrected chi connectivity index (χ1v) is 14.0. The predicted molar refractivity (Wildman–Crippen MR) is 141 cm³/mol. The van der Waals surface area contributed by atoms with Crippen molar-refractivity contribution in [2.24, 2.45) is 0 Å². The smallest absolute Gasteiger partial charge is 0.268 e. The molecule has 0 atom stereocenters. The summed E-state index contributed by atoms with van der Waals surface area (Å²) in [7, 11) is -3.89. The van der Waals surface area contributed by atoms with Crippen LogP contribution in [-0.4, -0.2) is 50.6 Å². The van der Waals surface area contributed by atoms with E-state index in [1.807, 2.05) is 0 Å². The summed E-state index contributed by atoms with van der Waals surface area (Å²) in [5.41, 5.74) is 1.75. The van der Waals surface area contributed by atoms with Crippen molar-refractivity contribution in [3.63, 3.8) is 0 Å². The van der Waals surface area contributed by atoms with E-state index < -0.39 is 32.5 Å². The van der Waals surface area contributed by atoms with Gasteiger partial charge in [-0.05, 0) is 80.6 Å². The lowest BCUT2D eigenvalue weighted by atomic mass is 10.2. The van der Waals surface area contributed by atoms with Crippen molar-refractivity contribution in [2.45, 2.75) is 23.6 Å². The van der Waals surface area contributed by atoms with Crippen LogP contribution < -0.4 is 23.8 Å². The summed E-state index contributed by atoms with van der Waals surface area (Å²) in [6, 6.07) is 15.2. The number of anilines is 2. The Morgan fingerprint density at radius 3 is 2.16 bits per heavy atom. The highest BCUT2D eigenvalue weighted by Crippen LogP contribution is 2.32. The molecule has 0 aliphatic rings. The van der Waals surface area contributed by atoms with Crippen LogP contribution in [0.1, 0.15) is 11.1 Å². The summed E-state index contributed by atoms with van der Waals surface area (Å²) in [6.45, 7) is 2.85. The van der Waals surface area contributed by atoms with Gasteiger partial charge >= 0.3 is 0 Å². The van der Waals surface area contributed by atoms with Crippen molar-refractivity contribution in [3.8, 4) is 11.5 Å². The van der Waals surface area contributed by atoms with Crippen LogP contribution in [0.3, 0.4) is 0 Å². The fraction of sp³-hybridized carbons (Fsp3) is 0.240. The van der Waals surface area contributed by atoms with Gasteiger partial charge < -0.3 is 14.8 Å². The van der Waals surface area contributed by atoms with Gasteiger partial charge in [0.15, 0.2) is 0 Å². The first-order valence-electron chi connectivity index (χ1n) is 11.1. The number of methoxy groups -OCH3 is 2. The van der Waals surface area contributed by atoms with Crippen molar-refractivity contribution in [1.29, 1.82) is 0 Å². The van der Waals surface area contributed by atoms with Gasteiger partial charge in [-0.2, -0.15) is 0 Å². The minimum atomic E-state index is -4.27. The van der Waals surface area contributed by atoms with E-state index in [-0.39, 0.29) is 26.9 Å². The van der Waals surface area contributed by atoms with Crippen LogP contribution in [0.5, 0.6) is 11.5 Å². The third-order valence-corrected chi connectivity index (χ3v) is 8.80. The zero-order chi connectivity index (χ0) is 27.4. The minimum Gasteiger partial charge on any atom is -0.497 e. The van der Waals surface area contributed by atoms with Crippen molar-refractivity contribution in [3.05, 3.63) is 71.8 Å². The van der Waals surface area contributed by atoms with Crippen LogP contribution in [0.4, 0.5) is 11.4 Å². The molecule has 0 heterocycles. The van der Waals surface area contributed by atoms with Crippen LogP contribution in [0.25, 0.3) is 0 Å². The highest BCUT2D eigenvalue weighted by Gasteiger charge is 2.30. The molecule has 3 rings (SSSR count). The van der Waals surface area contributed by atoms with Gasteiger partial charge in [0.2, 0.25) is 15.9 Å². The second kappa shape index (κ2) is 11.2. The lowest BCUT2D eigenvalue weighted by molar-refractivity contribution is -0.114. The molecule has 198 valence electrons. The Morgan fingerprint density at radius 1 is 0.892 bits per heavy atom. The number of carbonyl (C=O) groups is 1. The fourth-order valence-electron chi connectivity index (χ4n) is 3.51. The summed E-state index contributed by atoms with van der Waals surface area (Å²) in [4.78, 5) is 13.0. The number of rotatable bonds is 10. The van der Waals surface area contributed by atoms with Crippen molar-refractivity contribution < 1.29 is 31.1 Å². The average molecular weight is 548 g/mol. The van der Waals surface area contributed by atoms with Gasteiger partial charge in [0, 0.05) is 5.69 Å². The van der Waals surface area contributed by atoms with Gasteiger partial charge in [-0.15, -0.1) is 0 Å². The first kappa shape index (κ1) is 28.0. The Labute approximate surface area is 217 Å². The van der Waals surface area contributed by atoms with Gasteiger partial charge in [-0.3, -0.25) is 9.10 Å². The number of hydrogen-bond acceptors (Lipinski definition) is 7. The maximum absolute atomic E-state index is 13.8. The largest absolute Gasteiger partial charge is 0.497 e. The number of benzene rings is 3. The normalized spacial score (nSPS) is 11.6. The summed E-state index contributed by atoms with van der Waals surface area (Å²) >= 11 is 0. The molecule has 0 unspecified atom stereocenters. The number of nitrogens with one attached hydrogen (secondary N) is 2. The number of amides is 1. The molecule has 12 heteroatoms. The van der Waals surface area contributed by atoms with Crippen LogP contribution >= 0.6 is 0 Å². The predicted octanol–water partition coefficient (Wildman–Crippen LogP) is 3.06. The molecule has 0 aromatic heterocycles. The van der Waals surface area contributed by atoms with Gasteiger partial charge in [0.1, 0.15) is 22.9 Å². The zero-order valence-electron chi connectivity index (χ0n) is 21.1. The molecule has 0 aliphatic carbocycles. The van der Waals surface area contributed by atoms with E-state index in [9.17, 15) is 21.6 Å². The SMILES string of the molecule is CNS(=O)(=O)c1ccc(C)c(NC(=O)CN(c2ccc(OC)cc2)S(=O)(=O)c2cc(C)ccc2OC)c1. The Bertz CT molecular complexity index is 1500. The standard InChI is InChI=1S/C25H29N3O7S2/c1-17-6-13-23(35-5)24(14-17)37(32,33)28(19-8-10-20(34-4)11-9-19)16-25(29)27-22-15-21(12-7-18(22)2)36(30,31)26-3/h6-15,26H,16H2,1-5H3,(H,27,29). The third kappa shape index (κ3) is 6.21. The second-order valence-electron chi connectivity index (χ2n) is 8.10. The number of hydrogen-bond donors (Lipinski definition) is 2. The molecule has 0 saturated heterocycles. The van der Waals surface area contributed by atoms with Crippen molar-refractivity contribution in [2.75, 3.05) is 37.4 Å². The van der Waals surface area contributed by atoms with E-state index >= 15 is 0 Å². The number of carbonyl (C=O) groups excluding carboxylic acids is 1. The van der Waals surface area contributed by atoms with Gasteiger partial charge in [-0.25, -0.2) is 21.6 Å². The van der Waals surface area contributed by atoms with Gasteiger partial charge in [-0.1, -0.05) is 12.1 Å². The molecular formula is C25H29N3O7S2. The van der Waals surface area contributed by atoms with E-state index in [1.54, 1.807) is 44.2 Å². The maximum Gasteiger partial charge on any atom is 0.268 e. The van der Waals surface area contributed by atoms with Crippen molar-refractivity contribution in [1.82, 2.24) is 4.72 Å². The molecule has 37 heavy (non-hydrogen) atoms. The summed E-state index contributed by atoms with van der Waals surface area (Å²) < 4.78 is 65.8. The quantitative estimate of drug-likeness (QED) is 0.399. The molecule has 10 nitrogen and oxygen atoms in total. The Kier molecular flexibility index (Phi) is 8.46. The number of aryl methyl sites for hydroxylation is 2. The van der Waals surface area contributed by atoms with Crippen molar-refractivity contribution >= 4 is 37.3 Å². The van der Waals surface area contributed by atoms with Gasteiger partial charge in [0.25, 0.3) is 10.0 Å². The van der Waals surface area contributed by atoms with Crippen LogP contribution in [-0.2, 0) is 24.8 Å². The summed E-state index contributed by atoms with van der Waals surface area (Å²) in [5, 5.41) is 2.64. The lowest BCUT2D eigenvalue weighted by Crippen LogP contribution is -2.38. The second-order valence-corrected chi connectivity index (χ2v) is 11.8. The highest BCUT2D eigenvalue weighted by atomic mass is 32.2. The third-order valence-electron chi connectivity index (χ3n) is 5.60. The highest BCUT2D eigenvalue weighted by molar-refractivity contribution is 7.93. The molecule has 2 N–H and O–H groups in total. The van der Waals surface area contributed by atoms with E-state index in [2.05, 4.69) is 10.0 Å². The molecular weight excluding hydrogens is 518 g/mol.